The van der Waals surface area contributed by atoms with Crippen molar-refractivity contribution in [3.8, 4) is 11.1 Å². The summed E-state index contributed by atoms with van der Waals surface area (Å²) in [6.45, 7) is 0. The molecule has 0 radical (unpaired) electrons. The van der Waals surface area contributed by atoms with Crippen molar-refractivity contribution in [3.63, 3.8) is 0 Å². The van der Waals surface area contributed by atoms with Gasteiger partial charge in [0.1, 0.15) is 11.2 Å². The number of furan rings is 1. The topological polar surface area (TPSA) is 16.4 Å². The van der Waals surface area contributed by atoms with Crippen LogP contribution in [0.2, 0.25) is 0 Å². The molecule has 46 heavy (non-hydrogen) atoms. The monoisotopic (exact) mass is 623 g/mol. The summed E-state index contributed by atoms with van der Waals surface area (Å²) in [5.41, 5.74) is 7.69. The Kier molecular flexibility index (Phi) is 5.65. The summed E-state index contributed by atoms with van der Waals surface area (Å²) >= 11 is 3.74. The van der Waals surface area contributed by atoms with Crippen LogP contribution in [0, 0.1) is 0 Å². The molecule has 3 heterocycles. The summed E-state index contributed by atoms with van der Waals surface area (Å²) in [7, 11) is 0. The molecule has 0 atom stereocenters. The molecule has 10 aromatic rings. The number of hydrogen-bond donors (Lipinski definition) is 0. The molecule has 4 heteroatoms. The zero-order valence-corrected chi connectivity index (χ0v) is 26.2. The third-order valence-electron chi connectivity index (χ3n) is 9.07. The maximum absolute atomic E-state index is 6.41. The minimum atomic E-state index is 0.889. The summed E-state index contributed by atoms with van der Waals surface area (Å²) in [5, 5.41) is 7.37. The van der Waals surface area contributed by atoms with Crippen LogP contribution in [0.5, 0.6) is 0 Å². The Bertz CT molecular complexity index is 2770. The first-order chi connectivity index (χ1) is 22.8. The molecule has 10 rings (SSSR count). The zero-order chi connectivity index (χ0) is 30.2. The molecule has 0 spiro atoms. The van der Waals surface area contributed by atoms with E-state index < -0.39 is 0 Å². The van der Waals surface area contributed by atoms with Gasteiger partial charge in [0, 0.05) is 46.7 Å². The van der Waals surface area contributed by atoms with E-state index in [2.05, 4.69) is 150 Å². The first kappa shape index (κ1) is 25.9. The van der Waals surface area contributed by atoms with Crippen LogP contribution in [-0.4, -0.2) is 0 Å². The fourth-order valence-corrected chi connectivity index (χ4v) is 9.46. The van der Waals surface area contributed by atoms with Crippen molar-refractivity contribution in [3.05, 3.63) is 152 Å². The van der Waals surface area contributed by atoms with Gasteiger partial charge in [0.05, 0.1) is 21.5 Å². The van der Waals surface area contributed by atoms with E-state index >= 15 is 0 Å². The number of nitrogens with zero attached hydrogens (tertiary/aromatic N) is 1. The van der Waals surface area contributed by atoms with Crippen LogP contribution in [-0.2, 0) is 0 Å². The molecule has 0 aliphatic rings. The number of thiophene rings is 2. The number of rotatable bonds is 4. The summed E-state index contributed by atoms with van der Waals surface area (Å²) in [4.78, 5) is 2.45. The lowest BCUT2D eigenvalue weighted by Crippen LogP contribution is -2.10. The van der Waals surface area contributed by atoms with Crippen LogP contribution >= 0.6 is 22.7 Å². The maximum Gasteiger partial charge on any atom is 0.137 e. The van der Waals surface area contributed by atoms with Crippen LogP contribution in [0.15, 0.2) is 156 Å². The van der Waals surface area contributed by atoms with Crippen LogP contribution in [0.3, 0.4) is 0 Å². The molecule has 0 saturated carbocycles. The van der Waals surface area contributed by atoms with E-state index in [9.17, 15) is 0 Å². The smallest absolute Gasteiger partial charge is 0.137 e. The Morgan fingerprint density at radius 3 is 2.02 bits per heavy atom. The molecule has 0 aliphatic heterocycles. The van der Waals surface area contributed by atoms with Crippen molar-refractivity contribution < 1.29 is 4.42 Å². The van der Waals surface area contributed by atoms with E-state index in [0.29, 0.717) is 0 Å². The fourth-order valence-electron chi connectivity index (χ4n) is 7.03. The first-order valence-electron chi connectivity index (χ1n) is 15.4. The van der Waals surface area contributed by atoms with E-state index in [0.717, 1.165) is 39.0 Å². The van der Waals surface area contributed by atoms with E-state index in [1.54, 1.807) is 0 Å². The summed E-state index contributed by atoms with van der Waals surface area (Å²) < 4.78 is 11.6. The molecule has 7 aromatic carbocycles. The third-order valence-corrected chi connectivity index (χ3v) is 11.5. The van der Waals surface area contributed by atoms with Gasteiger partial charge in [-0.1, -0.05) is 103 Å². The van der Waals surface area contributed by atoms with Crippen molar-refractivity contribution in [1.29, 1.82) is 0 Å². The molecule has 0 amide bonds. The van der Waals surface area contributed by atoms with E-state index in [1.807, 2.05) is 28.7 Å². The second-order valence-corrected chi connectivity index (χ2v) is 13.8. The van der Waals surface area contributed by atoms with Crippen LogP contribution < -0.4 is 4.90 Å². The predicted octanol–water partition coefficient (Wildman–Crippen LogP) is 13.5. The highest BCUT2D eigenvalue weighted by Gasteiger charge is 2.23. The van der Waals surface area contributed by atoms with E-state index in [1.165, 1.54) is 51.5 Å². The second-order valence-electron chi connectivity index (χ2n) is 11.7. The summed E-state index contributed by atoms with van der Waals surface area (Å²) in [5.74, 6) is 0. The van der Waals surface area contributed by atoms with Gasteiger partial charge < -0.3 is 9.32 Å². The molecular weight excluding hydrogens is 599 g/mol. The van der Waals surface area contributed by atoms with Gasteiger partial charge in [-0.25, -0.2) is 0 Å². The highest BCUT2D eigenvalue weighted by atomic mass is 32.1. The van der Waals surface area contributed by atoms with Crippen molar-refractivity contribution >= 4 is 102 Å². The van der Waals surface area contributed by atoms with E-state index in [-0.39, 0.29) is 0 Å². The Labute approximate surface area is 273 Å². The van der Waals surface area contributed by atoms with E-state index in [4.69, 9.17) is 4.42 Å². The Morgan fingerprint density at radius 1 is 0.435 bits per heavy atom. The molecular formula is C42H25NOS2. The molecule has 0 unspecified atom stereocenters. The molecule has 3 aromatic heterocycles. The predicted molar refractivity (Wildman–Crippen MR) is 200 cm³/mol. The average Bonchev–Trinajstić information content (AvgIpc) is 3.80. The van der Waals surface area contributed by atoms with Crippen molar-refractivity contribution in [2.45, 2.75) is 0 Å². The SMILES string of the molecule is c1ccc(-c2cccc3c2sc2c(N(c4ccc5sc6ccccc6c5c4)c4cccc5oc6ccccc6c45)cccc23)cc1. The van der Waals surface area contributed by atoms with Gasteiger partial charge in [-0.2, -0.15) is 0 Å². The molecule has 216 valence electrons. The van der Waals surface area contributed by atoms with Gasteiger partial charge >= 0.3 is 0 Å². The minimum absolute atomic E-state index is 0.889. The van der Waals surface area contributed by atoms with Crippen LogP contribution in [0.4, 0.5) is 17.1 Å². The lowest BCUT2D eigenvalue weighted by atomic mass is 10.0. The number of para-hydroxylation sites is 1. The first-order valence-corrected chi connectivity index (χ1v) is 17.1. The van der Waals surface area contributed by atoms with Gasteiger partial charge in [-0.15, -0.1) is 22.7 Å². The molecule has 0 N–H and O–H groups in total. The average molecular weight is 624 g/mol. The quantitative estimate of drug-likeness (QED) is 0.194. The lowest BCUT2D eigenvalue weighted by molar-refractivity contribution is 0.669. The third kappa shape index (κ3) is 3.81. The van der Waals surface area contributed by atoms with Gasteiger partial charge in [-0.05, 0) is 59.7 Å². The number of anilines is 3. The number of fused-ring (bicyclic) bond motifs is 9. The Balaban J connectivity index is 1.31. The molecule has 0 fully saturated rings. The van der Waals surface area contributed by atoms with Gasteiger partial charge in [0.15, 0.2) is 0 Å². The highest BCUT2D eigenvalue weighted by molar-refractivity contribution is 7.27. The largest absolute Gasteiger partial charge is 0.456 e. The lowest BCUT2D eigenvalue weighted by Gasteiger charge is -2.27. The van der Waals surface area contributed by atoms with Gasteiger partial charge in [-0.3, -0.25) is 0 Å². The van der Waals surface area contributed by atoms with Crippen molar-refractivity contribution in [2.24, 2.45) is 0 Å². The van der Waals surface area contributed by atoms with Crippen LogP contribution in [0.25, 0.3) is 73.4 Å². The standard InChI is InChI=1S/C42H25NOS2/c1-2-11-26(12-3-1)28-15-8-16-30-31-17-9-19-35(42(31)46-41(28)30)43(27-23-24-39-33(25-27)29-13-5-7-22-38(29)45-39)34-18-10-21-37-40(34)32-14-4-6-20-36(32)44-37/h1-25H. The molecule has 0 aliphatic carbocycles. The molecule has 2 nitrogen and oxygen atoms in total. The minimum Gasteiger partial charge on any atom is -0.456 e. The number of benzene rings is 7. The van der Waals surface area contributed by atoms with Crippen LogP contribution in [0.1, 0.15) is 0 Å². The Hall–Kier alpha value is -5.42. The van der Waals surface area contributed by atoms with Gasteiger partial charge in [0.25, 0.3) is 0 Å². The summed E-state index contributed by atoms with van der Waals surface area (Å²) in [6, 6.07) is 54.7. The highest BCUT2D eigenvalue weighted by Crippen LogP contribution is 2.50. The maximum atomic E-state index is 6.41. The molecule has 0 bridgehead atoms. The van der Waals surface area contributed by atoms with Crippen molar-refractivity contribution in [1.82, 2.24) is 0 Å². The van der Waals surface area contributed by atoms with Crippen molar-refractivity contribution in [2.75, 3.05) is 4.90 Å². The van der Waals surface area contributed by atoms with Gasteiger partial charge in [0.2, 0.25) is 0 Å². The second kappa shape index (κ2) is 10.0. The molecule has 0 saturated heterocycles. The summed E-state index contributed by atoms with van der Waals surface area (Å²) in [6.07, 6.45) is 0. The number of hydrogen-bond acceptors (Lipinski definition) is 4. The Morgan fingerprint density at radius 2 is 1.11 bits per heavy atom. The fraction of sp³-hybridized carbons (Fsp3) is 0. The normalized spacial score (nSPS) is 11.9. The zero-order valence-electron chi connectivity index (χ0n) is 24.6.